The van der Waals surface area contributed by atoms with Gasteiger partial charge in [0.25, 0.3) is 5.91 Å². The average molecular weight is 247 g/mol. The molecule has 1 aromatic carbocycles. The molecule has 0 atom stereocenters. The number of benzene rings is 1. The standard InChI is InChI=1S/C13H13NO2S/c15-8-13(5-6-13)14-12(16)10-7-17-11-4-2-1-3-9(10)11/h1-4,7,15H,5-6,8H2,(H,14,16). The van der Waals surface area contributed by atoms with E-state index in [-0.39, 0.29) is 18.1 Å². The number of thiophene rings is 1. The SMILES string of the molecule is O=C(NC1(CO)CC1)c1csc2ccccc12. The zero-order valence-electron chi connectivity index (χ0n) is 9.27. The minimum absolute atomic E-state index is 0.0286. The quantitative estimate of drug-likeness (QED) is 0.873. The second-order valence-corrected chi connectivity index (χ2v) is 5.45. The number of hydrogen-bond donors (Lipinski definition) is 2. The summed E-state index contributed by atoms with van der Waals surface area (Å²) >= 11 is 1.57. The van der Waals surface area contributed by atoms with Crippen LogP contribution in [0.1, 0.15) is 23.2 Å². The van der Waals surface area contributed by atoms with Gasteiger partial charge in [0, 0.05) is 15.5 Å². The molecule has 1 aliphatic rings. The number of carbonyl (C=O) groups is 1. The van der Waals surface area contributed by atoms with Gasteiger partial charge in [-0.2, -0.15) is 0 Å². The minimum atomic E-state index is -0.347. The summed E-state index contributed by atoms with van der Waals surface area (Å²) in [4.78, 5) is 12.1. The first-order valence-electron chi connectivity index (χ1n) is 5.64. The second-order valence-electron chi connectivity index (χ2n) is 4.54. The van der Waals surface area contributed by atoms with Gasteiger partial charge in [0.05, 0.1) is 17.7 Å². The first kappa shape index (κ1) is 10.7. The maximum atomic E-state index is 12.1. The molecule has 1 fully saturated rings. The maximum absolute atomic E-state index is 12.1. The summed E-state index contributed by atoms with van der Waals surface area (Å²) in [5.74, 6) is -0.0750. The Morgan fingerprint density at radius 1 is 1.41 bits per heavy atom. The summed E-state index contributed by atoms with van der Waals surface area (Å²) in [5, 5.41) is 15.0. The van der Waals surface area contributed by atoms with Crippen molar-refractivity contribution in [1.82, 2.24) is 5.32 Å². The molecule has 3 rings (SSSR count). The van der Waals surface area contributed by atoms with Crippen molar-refractivity contribution in [3.8, 4) is 0 Å². The topological polar surface area (TPSA) is 49.3 Å². The van der Waals surface area contributed by atoms with Crippen LogP contribution in [0.15, 0.2) is 29.6 Å². The number of rotatable bonds is 3. The summed E-state index contributed by atoms with van der Waals surface area (Å²) < 4.78 is 1.12. The van der Waals surface area contributed by atoms with E-state index in [1.54, 1.807) is 11.3 Å². The van der Waals surface area contributed by atoms with Crippen molar-refractivity contribution >= 4 is 27.3 Å². The smallest absolute Gasteiger partial charge is 0.253 e. The van der Waals surface area contributed by atoms with Gasteiger partial charge in [-0.25, -0.2) is 0 Å². The molecule has 0 saturated heterocycles. The van der Waals surface area contributed by atoms with E-state index in [1.165, 1.54) is 0 Å². The third-order valence-corrected chi connectivity index (χ3v) is 4.22. The minimum Gasteiger partial charge on any atom is -0.394 e. The molecule has 17 heavy (non-hydrogen) atoms. The molecule has 0 aliphatic heterocycles. The Balaban J connectivity index is 1.91. The molecule has 2 N–H and O–H groups in total. The molecule has 0 spiro atoms. The van der Waals surface area contributed by atoms with Crippen molar-refractivity contribution < 1.29 is 9.90 Å². The lowest BCUT2D eigenvalue weighted by Crippen LogP contribution is -2.39. The van der Waals surface area contributed by atoms with E-state index in [0.29, 0.717) is 5.56 Å². The highest BCUT2D eigenvalue weighted by molar-refractivity contribution is 7.17. The largest absolute Gasteiger partial charge is 0.394 e. The van der Waals surface area contributed by atoms with Crippen LogP contribution in [0.4, 0.5) is 0 Å². The lowest BCUT2D eigenvalue weighted by Gasteiger charge is -2.13. The molecule has 0 bridgehead atoms. The summed E-state index contributed by atoms with van der Waals surface area (Å²) in [5.41, 5.74) is 0.366. The zero-order chi connectivity index (χ0) is 11.9. The molecule has 4 heteroatoms. The monoisotopic (exact) mass is 247 g/mol. The second kappa shape index (κ2) is 3.82. The Bertz CT molecular complexity index is 572. The zero-order valence-corrected chi connectivity index (χ0v) is 10.1. The summed E-state index contributed by atoms with van der Waals surface area (Å²) in [7, 11) is 0. The van der Waals surface area contributed by atoms with E-state index >= 15 is 0 Å². The van der Waals surface area contributed by atoms with E-state index in [9.17, 15) is 9.90 Å². The number of carbonyl (C=O) groups excluding carboxylic acids is 1. The van der Waals surface area contributed by atoms with Crippen LogP contribution in [0.2, 0.25) is 0 Å². The van der Waals surface area contributed by atoms with E-state index in [4.69, 9.17) is 0 Å². The summed E-state index contributed by atoms with van der Waals surface area (Å²) in [6, 6.07) is 7.87. The predicted molar refractivity (Wildman–Crippen MR) is 68.3 cm³/mol. The van der Waals surface area contributed by atoms with Crippen molar-refractivity contribution in [2.45, 2.75) is 18.4 Å². The number of hydrogen-bond acceptors (Lipinski definition) is 3. The lowest BCUT2D eigenvalue weighted by atomic mass is 10.1. The molecule has 1 amide bonds. The Hall–Kier alpha value is -1.39. The molecule has 2 aromatic rings. The highest BCUT2D eigenvalue weighted by Crippen LogP contribution is 2.35. The van der Waals surface area contributed by atoms with Crippen LogP contribution in [0, 0.1) is 0 Å². The van der Waals surface area contributed by atoms with Gasteiger partial charge in [0.15, 0.2) is 0 Å². The number of nitrogens with one attached hydrogen (secondary N) is 1. The van der Waals surface area contributed by atoms with Gasteiger partial charge < -0.3 is 10.4 Å². The molecule has 1 aliphatic carbocycles. The van der Waals surface area contributed by atoms with E-state index < -0.39 is 0 Å². The fraction of sp³-hybridized carbons (Fsp3) is 0.308. The molecular weight excluding hydrogens is 234 g/mol. The Kier molecular flexibility index (Phi) is 2.42. The van der Waals surface area contributed by atoms with Crippen LogP contribution in [0.25, 0.3) is 10.1 Å². The maximum Gasteiger partial charge on any atom is 0.253 e. The van der Waals surface area contributed by atoms with Gasteiger partial charge in [0.2, 0.25) is 0 Å². The van der Waals surface area contributed by atoms with Gasteiger partial charge in [-0.1, -0.05) is 18.2 Å². The summed E-state index contributed by atoms with van der Waals surface area (Å²) in [6.45, 7) is 0.0286. The van der Waals surface area contributed by atoms with Crippen LogP contribution >= 0.6 is 11.3 Å². The lowest BCUT2D eigenvalue weighted by molar-refractivity contribution is 0.0909. The number of aliphatic hydroxyl groups excluding tert-OH is 1. The molecule has 3 nitrogen and oxygen atoms in total. The Labute approximate surface area is 103 Å². The van der Waals surface area contributed by atoms with Crippen molar-refractivity contribution in [2.75, 3.05) is 6.61 Å². The average Bonchev–Trinajstić information content (AvgIpc) is 2.99. The van der Waals surface area contributed by atoms with E-state index in [1.807, 2.05) is 29.6 Å². The van der Waals surface area contributed by atoms with Crippen molar-refractivity contribution in [2.24, 2.45) is 0 Å². The predicted octanol–water partition coefficient (Wildman–Crippen LogP) is 2.16. The Morgan fingerprint density at radius 2 is 2.18 bits per heavy atom. The van der Waals surface area contributed by atoms with Crippen molar-refractivity contribution in [3.63, 3.8) is 0 Å². The van der Waals surface area contributed by atoms with Crippen LogP contribution < -0.4 is 5.32 Å². The van der Waals surface area contributed by atoms with Gasteiger partial charge in [-0.15, -0.1) is 11.3 Å². The van der Waals surface area contributed by atoms with Gasteiger partial charge >= 0.3 is 0 Å². The fourth-order valence-electron chi connectivity index (χ4n) is 1.94. The van der Waals surface area contributed by atoms with Crippen LogP contribution in [0.3, 0.4) is 0 Å². The highest BCUT2D eigenvalue weighted by Gasteiger charge is 2.43. The molecular formula is C13H13NO2S. The Morgan fingerprint density at radius 3 is 2.88 bits per heavy atom. The van der Waals surface area contributed by atoms with E-state index in [2.05, 4.69) is 5.32 Å². The fourth-order valence-corrected chi connectivity index (χ4v) is 2.88. The van der Waals surface area contributed by atoms with Crippen molar-refractivity contribution in [3.05, 3.63) is 35.2 Å². The van der Waals surface area contributed by atoms with Gasteiger partial charge in [-0.3, -0.25) is 4.79 Å². The molecule has 88 valence electrons. The van der Waals surface area contributed by atoms with Crippen LogP contribution in [-0.4, -0.2) is 23.2 Å². The number of fused-ring (bicyclic) bond motifs is 1. The third-order valence-electron chi connectivity index (χ3n) is 3.26. The molecule has 1 aromatic heterocycles. The highest BCUT2D eigenvalue weighted by atomic mass is 32.1. The summed E-state index contributed by atoms with van der Waals surface area (Å²) in [6.07, 6.45) is 1.74. The van der Waals surface area contributed by atoms with Crippen LogP contribution in [-0.2, 0) is 0 Å². The first-order valence-corrected chi connectivity index (χ1v) is 6.52. The van der Waals surface area contributed by atoms with Gasteiger partial charge in [-0.05, 0) is 18.9 Å². The third kappa shape index (κ3) is 1.83. The van der Waals surface area contributed by atoms with Crippen molar-refractivity contribution in [1.29, 1.82) is 0 Å². The number of amides is 1. The van der Waals surface area contributed by atoms with E-state index in [0.717, 1.165) is 22.9 Å². The van der Waals surface area contributed by atoms with Gasteiger partial charge in [0.1, 0.15) is 0 Å². The molecule has 1 saturated carbocycles. The number of aliphatic hydroxyl groups is 1. The molecule has 0 unspecified atom stereocenters. The molecule has 0 radical (unpaired) electrons. The molecule has 1 heterocycles. The first-order chi connectivity index (χ1) is 8.24. The van der Waals surface area contributed by atoms with Crippen LogP contribution in [0.5, 0.6) is 0 Å². The normalized spacial score (nSPS) is 17.0.